The first-order valence-corrected chi connectivity index (χ1v) is 15.7. The lowest BCUT2D eigenvalue weighted by Crippen LogP contribution is -2.25. The van der Waals surface area contributed by atoms with E-state index in [0.717, 1.165) is 18.4 Å². The van der Waals surface area contributed by atoms with E-state index in [-0.39, 0.29) is 41.4 Å². The Morgan fingerprint density at radius 3 is 2.37 bits per heavy atom. The second kappa shape index (κ2) is 13.0. The highest BCUT2D eigenvalue weighted by atomic mass is 35.5. The Morgan fingerprint density at radius 2 is 1.73 bits per heavy atom. The number of nitrogens with two attached hydrogens (primary N) is 1. The molecule has 3 aromatic carbocycles. The van der Waals surface area contributed by atoms with Crippen LogP contribution in [0.5, 0.6) is 5.75 Å². The van der Waals surface area contributed by atoms with Crippen LogP contribution in [-0.4, -0.2) is 38.8 Å². The normalized spacial score (nSPS) is 14.0. The molecule has 0 aromatic heterocycles. The molecule has 1 unspecified atom stereocenters. The average Bonchev–Trinajstić information content (AvgIpc) is 3.72. The van der Waals surface area contributed by atoms with Gasteiger partial charge in [0.05, 0.1) is 52.1 Å². The molecular formula is C31H35ClN2O6S. The third kappa shape index (κ3) is 7.80. The number of rotatable bonds is 12. The average molecular weight is 599 g/mol. The van der Waals surface area contributed by atoms with Crippen LogP contribution in [0.4, 0.5) is 11.4 Å². The summed E-state index contributed by atoms with van der Waals surface area (Å²) in [6, 6.07) is 16.8. The van der Waals surface area contributed by atoms with Gasteiger partial charge < -0.3 is 20.5 Å². The first kappa shape index (κ1) is 30.4. The minimum Gasteiger partial charge on any atom is -0.490 e. The molecule has 3 aromatic rings. The predicted octanol–water partition coefficient (Wildman–Crippen LogP) is 6.24. The van der Waals surface area contributed by atoms with Gasteiger partial charge in [-0.2, -0.15) is 0 Å². The van der Waals surface area contributed by atoms with Crippen molar-refractivity contribution in [3.63, 3.8) is 0 Å². The van der Waals surface area contributed by atoms with Gasteiger partial charge in [-0.05, 0) is 75.4 Å². The van der Waals surface area contributed by atoms with Crippen LogP contribution in [0, 0.1) is 5.92 Å². The number of para-hydroxylation sites is 1. The van der Waals surface area contributed by atoms with Gasteiger partial charge in [0.1, 0.15) is 5.75 Å². The predicted molar refractivity (Wildman–Crippen MR) is 161 cm³/mol. The molecule has 1 fully saturated rings. The Balaban J connectivity index is 1.64. The Bertz CT molecular complexity index is 1520. The summed E-state index contributed by atoms with van der Waals surface area (Å²) < 4.78 is 36.5. The highest BCUT2D eigenvalue weighted by Gasteiger charge is 2.30. The van der Waals surface area contributed by atoms with Gasteiger partial charge in [0.2, 0.25) is 5.91 Å². The van der Waals surface area contributed by atoms with Crippen molar-refractivity contribution < 1.29 is 27.5 Å². The lowest BCUT2D eigenvalue weighted by Gasteiger charge is -2.20. The van der Waals surface area contributed by atoms with Crippen molar-refractivity contribution in [2.24, 2.45) is 5.92 Å². The number of halogens is 1. The number of hydrogen-bond acceptors (Lipinski definition) is 7. The topological polar surface area (TPSA) is 125 Å². The molecule has 1 amide bonds. The van der Waals surface area contributed by atoms with Crippen molar-refractivity contribution in [2.75, 3.05) is 23.4 Å². The van der Waals surface area contributed by atoms with E-state index in [9.17, 15) is 18.0 Å². The molecule has 0 spiro atoms. The summed E-state index contributed by atoms with van der Waals surface area (Å²) in [4.78, 5) is 26.3. The SMILES string of the molecule is CCOC(=O)CC(C(=O)Nc1cc(-c2ccccc2OC(C)C)c(Cl)cc1N)c1ccc(S(=O)(=O)CC2CC2)cc1. The van der Waals surface area contributed by atoms with Crippen LogP contribution in [0.3, 0.4) is 0 Å². The molecule has 0 saturated heterocycles. The number of sulfone groups is 1. The molecular weight excluding hydrogens is 564 g/mol. The van der Waals surface area contributed by atoms with Crippen LogP contribution in [0.1, 0.15) is 51.5 Å². The van der Waals surface area contributed by atoms with E-state index in [1.165, 1.54) is 12.1 Å². The number of nitrogens with one attached hydrogen (secondary N) is 1. The number of nitrogen functional groups attached to an aromatic ring is 1. The molecule has 10 heteroatoms. The summed E-state index contributed by atoms with van der Waals surface area (Å²) in [5, 5.41) is 3.22. The zero-order chi connectivity index (χ0) is 29.7. The van der Waals surface area contributed by atoms with Crippen molar-refractivity contribution in [1.82, 2.24) is 0 Å². The van der Waals surface area contributed by atoms with Gasteiger partial charge in [0.15, 0.2) is 9.84 Å². The van der Waals surface area contributed by atoms with E-state index < -0.39 is 27.6 Å². The molecule has 1 atom stereocenters. The van der Waals surface area contributed by atoms with E-state index in [1.807, 2.05) is 38.1 Å². The number of carbonyl (C=O) groups is 2. The quantitative estimate of drug-likeness (QED) is 0.187. The van der Waals surface area contributed by atoms with Crippen molar-refractivity contribution in [1.29, 1.82) is 0 Å². The number of hydrogen-bond donors (Lipinski definition) is 2. The largest absolute Gasteiger partial charge is 0.490 e. The smallest absolute Gasteiger partial charge is 0.306 e. The van der Waals surface area contributed by atoms with Gasteiger partial charge in [-0.25, -0.2) is 8.42 Å². The van der Waals surface area contributed by atoms with Crippen molar-refractivity contribution >= 4 is 44.7 Å². The first-order valence-electron chi connectivity index (χ1n) is 13.6. The van der Waals surface area contributed by atoms with Crippen molar-refractivity contribution in [3.05, 3.63) is 71.2 Å². The second-order valence-electron chi connectivity index (χ2n) is 10.4. The molecule has 0 radical (unpaired) electrons. The number of anilines is 2. The van der Waals surface area contributed by atoms with Crippen LogP contribution in [-0.2, 0) is 24.2 Å². The number of ether oxygens (including phenoxy) is 2. The molecule has 4 rings (SSSR count). The van der Waals surface area contributed by atoms with Gasteiger partial charge in [-0.3, -0.25) is 9.59 Å². The number of benzene rings is 3. The van der Waals surface area contributed by atoms with Crippen molar-refractivity contribution in [2.45, 2.75) is 57.0 Å². The molecule has 3 N–H and O–H groups in total. The second-order valence-corrected chi connectivity index (χ2v) is 12.9. The summed E-state index contributed by atoms with van der Waals surface area (Å²) in [6.07, 6.45) is 1.54. The lowest BCUT2D eigenvalue weighted by molar-refractivity contribution is -0.144. The highest BCUT2D eigenvalue weighted by Crippen LogP contribution is 2.40. The van der Waals surface area contributed by atoms with Gasteiger partial charge >= 0.3 is 5.97 Å². The molecule has 1 aliphatic rings. The van der Waals surface area contributed by atoms with Crippen LogP contribution < -0.4 is 15.8 Å². The molecule has 0 bridgehead atoms. The molecule has 8 nitrogen and oxygen atoms in total. The third-order valence-electron chi connectivity index (χ3n) is 6.72. The summed E-state index contributed by atoms with van der Waals surface area (Å²) in [7, 11) is -3.42. The number of esters is 1. The number of carbonyl (C=O) groups excluding carboxylic acids is 2. The molecule has 1 saturated carbocycles. The third-order valence-corrected chi connectivity index (χ3v) is 8.94. The summed E-state index contributed by atoms with van der Waals surface area (Å²) in [6.45, 7) is 5.69. The summed E-state index contributed by atoms with van der Waals surface area (Å²) >= 11 is 6.57. The van der Waals surface area contributed by atoms with Gasteiger partial charge in [0.25, 0.3) is 0 Å². The van der Waals surface area contributed by atoms with Crippen LogP contribution in [0.15, 0.2) is 65.6 Å². The maximum absolute atomic E-state index is 13.6. The van der Waals surface area contributed by atoms with E-state index in [2.05, 4.69) is 5.32 Å². The fourth-order valence-corrected chi connectivity index (χ4v) is 6.49. The molecule has 218 valence electrons. The van der Waals surface area contributed by atoms with E-state index in [4.69, 9.17) is 26.8 Å². The fourth-order valence-electron chi connectivity index (χ4n) is 4.52. The zero-order valence-electron chi connectivity index (χ0n) is 23.4. The van der Waals surface area contributed by atoms with Crippen molar-refractivity contribution in [3.8, 4) is 16.9 Å². The molecule has 41 heavy (non-hydrogen) atoms. The minimum absolute atomic E-state index is 0.0680. The maximum atomic E-state index is 13.6. The Kier molecular flexibility index (Phi) is 9.60. The fraction of sp³-hybridized carbons (Fsp3) is 0.355. The van der Waals surface area contributed by atoms with Gasteiger partial charge in [0, 0.05) is 11.1 Å². The first-order chi connectivity index (χ1) is 19.5. The minimum atomic E-state index is -3.42. The van der Waals surface area contributed by atoms with E-state index in [1.54, 1.807) is 31.2 Å². The maximum Gasteiger partial charge on any atom is 0.306 e. The Labute approximate surface area is 246 Å². The van der Waals surface area contributed by atoms with Gasteiger partial charge in [-0.1, -0.05) is 41.9 Å². The van der Waals surface area contributed by atoms with Crippen LogP contribution >= 0.6 is 11.6 Å². The molecule has 0 aliphatic heterocycles. The monoisotopic (exact) mass is 598 g/mol. The Hall–Kier alpha value is -3.56. The zero-order valence-corrected chi connectivity index (χ0v) is 24.9. The van der Waals surface area contributed by atoms with E-state index in [0.29, 0.717) is 27.6 Å². The summed E-state index contributed by atoms with van der Waals surface area (Å²) in [5.74, 6) is -1.06. The van der Waals surface area contributed by atoms with Crippen LogP contribution in [0.2, 0.25) is 5.02 Å². The van der Waals surface area contributed by atoms with E-state index >= 15 is 0 Å². The summed E-state index contributed by atoms with van der Waals surface area (Å²) in [5.41, 5.74) is 8.62. The lowest BCUT2D eigenvalue weighted by atomic mass is 9.94. The Morgan fingerprint density at radius 1 is 1.05 bits per heavy atom. The standard InChI is InChI=1S/C31H35ClN2O6S/c1-4-39-30(35)16-24(21-11-13-22(14-12-21)41(37,38)18-20-9-10-20)31(36)34-28-15-25(26(32)17-27(28)33)23-7-5-6-8-29(23)40-19(2)3/h5-8,11-15,17,19-20,24H,4,9-10,16,18,33H2,1-3H3,(H,34,36). The highest BCUT2D eigenvalue weighted by molar-refractivity contribution is 7.91. The molecule has 1 aliphatic carbocycles. The van der Waals surface area contributed by atoms with Gasteiger partial charge in [-0.15, -0.1) is 0 Å². The molecule has 0 heterocycles. The van der Waals surface area contributed by atoms with Crippen LogP contribution in [0.25, 0.3) is 11.1 Å². The number of amides is 1.